The van der Waals surface area contributed by atoms with Gasteiger partial charge in [0.25, 0.3) is 0 Å². The van der Waals surface area contributed by atoms with Gasteiger partial charge in [-0.1, -0.05) is 156 Å². The third-order valence-electron chi connectivity index (χ3n) is 10.8. The van der Waals surface area contributed by atoms with E-state index in [4.69, 9.17) is 37.9 Å². The maximum Gasteiger partial charge on any atom is 0.306 e. The molecule has 0 fully saturated rings. The molecule has 0 saturated heterocycles. The van der Waals surface area contributed by atoms with Crippen LogP contribution in [0.2, 0.25) is 0 Å². The number of rotatable bonds is 47. The third kappa shape index (κ3) is 43.1. The maximum atomic E-state index is 13.0. The van der Waals surface area contributed by atoms with Crippen molar-refractivity contribution in [3.63, 3.8) is 0 Å². The normalized spacial score (nSPS) is 11.0. The number of carbonyl (C=O) groups excluding carboxylic acids is 8. The average Bonchev–Trinajstić information content (AvgIpc) is 3.33. The monoisotopic (exact) mass is 971 g/mol. The molecular weight excluding hydrogens is 881 g/mol. The number of unbranched alkanes of at least 4 members (excludes halogenated alkanes) is 20. The summed E-state index contributed by atoms with van der Waals surface area (Å²) in [5, 5.41) is 0. The third-order valence-corrected chi connectivity index (χ3v) is 10.8. The van der Waals surface area contributed by atoms with E-state index in [0.717, 1.165) is 38.5 Å². The molecule has 0 amide bonds. The van der Waals surface area contributed by atoms with Crippen LogP contribution >= 0.6 is 0 Å². The van der Waals surface area contributed by atoms with Gasteiger partial charge in [0, 0.05) is 12.8 Å². The summed E-state index contributed by atoms with van der Waals surface area (Å²) in [4.78, 5) is 99.5. The van der Waals surface area contributed by atoms with Crippen LogP contribution in [-0.2, 0) is 76.3 Å². The van der Waals surface area contributed by atoms with E-state index in [0.29, 0.717) is 25.7 Å². The first kappa shape index (κ1) is 63.8. The van der Waals surface area contributed by atoms with Crippen LogP contribution in [-0.4, -0.2) is 99.6 Å². The molecule has 68 heavy (non-hydrogen) atoms. The standard InChI is InChI=1S/C52H90O16/c1-5-9-11-13-15-17-19-21-23-25-27-29-45(53)63-39-43(40-64-46(54)30-28-26-24-22-20-18-16-14-12-10-6-2)67-51(59)35-36-52(60)68-44(41-65-49(57)33-31-47(55)61-37-7-3)42-66-50(58)34-32-48(56)62-38-8-4/h43-44H,5-42H2,1-4H3. The van der Waals surface area contributed by atoms with Gasteiger partial charge in [-0.25, -0.2) is 0 Å². The zero-order chi connectivity index (χ0) is 50.3. The fourth-order valence-corrected chi connectivity index (χ4v) is 6.81. The van der Waals surface area contributed by atoms with E-state index in [9.17, 15) is 38.4 Å². The fraction of sp³-hybridized carbons (Fsp3) is 0.846. The van der Waals surface area contributed by atoms with Gasteiger partial charge in [-0.2, -0.15) is 0 Å². The van der Waals surface area contributed by atoms with Crippen LogP contribution in [0, 0.1) is 0 Å². The summed E-state index contributed by atoms with van der Waals surface area (Å²) in [5.41, 5.74) is 0. The highest BCUT2D eigenvalue weighted by molar-refractivity contribution is 5.79. The molecule has 0 spiro atoms. The Kier molecular flexibility index (Phi) is 43.6. The molecule has 0 aromatic heterocycles. The minimum atomic E-state index is -1.29. The molecule has 0 saturated carbocycles. The largest absolute Gasteiger partial charge is 0.466 e. The molecular formula is C52H90O16. The first-order valence-electron chi connectivity index (χ1n) is 26.3. The summed E-state index contributed by atoms with van der Waals surface area (Å²) < 4.78 is 42.0. The predicted octanol–water partition coefficient (Wildman–Crippen LogP) is 10.6. The van der Waals surface area contributed by atoms with Crippen LogP contribution < -0.4 is 0 Å². The van der Waals surface area contributed by atoms with Crippen LogP contribution in [0.1, 0.15) is 233 Å². The number of ether oxygens (including phenoxy) is 8. The molecule has 0 aliphatic carbocycles. The zero-order valence-corrected chi connectivity index (χ0v) is 42.6. The second-order valence-electron chi connectivity index (χ2n) is 17.5. The smallest absolute Gasteiger partial charge is 0.306 e. The van der Waals surface area contributed by atoms with Crippen molar-refractivity contribution in [3.8, 4) is 0 Å². The van der Waals surface area contributed by atoms with Gasteiger partial charge in [-0.05, 0) is 25.7 Å². The van der Waals surface area contributed by atoms with E-state index >= 15 is 0 Å². The zero-order valence-electron chi connectivity index (χ0n) is 42.6. The van der Waals surface area contributed by atoms with Crippen LogP contribution in [0.5, 0.6) is 0 Å². The molecule has 0 unspecified atom stereocenters. The highest BCUT2D eigenvalue weighted by Crippen LogP contribution is 2.15. The van der Waals surface area contributed by atoms with E-state index in [1.165, 1.54) is 89.9 Å². The Morgan fingerprint density at radius 2 is 0.471 bits per heavy atom. The molecule has 0 heterocycles. The lowest BCUT2D eigenvalue weighted by atomic mass is 10.1. The minimum absolute atomic E-state index is 0.199. The molecule has 0 aliphatic heterocycles. The number of hydrogen-bond donors (Lipinski definition) is 0. The van der Waals surface area contributed by atoms with Crippen LogP contribution in [0.3, 0.4) is 0 Å². The van der Waals surface area contributed by atoms with Crippen molar-refractivity contribution in [3.05, 3.63) is 0 Å². The molecule has 0 bridgehead atoms. The van der Waals surface area contributed by atoms with Gasteiger partial charge in [-0.15, -0.1) is 0 Å². The molecule has 0 atom stereocenters. The van der Waals surface area contributed by atoms with Crippen molar-refractivity contribution < 1.29 is 76.3 Å². The highest BCUT2D eigenvalue weighted by atomic mass is 16.6. The van der Waals surface area contributed by atoms with Gasteiger partial charge in [-0.3, -0.25) is 38.4 Å². The second kappa shape index (κ2) is 46.5. The quantitative estimate of drug-likeness (QED) is 0.0315. The van der Waals surface area contributed by atoms with Crippen molar-refractivity contribution in [1.29, 1.82) is 0 Å². The van der Waals surface area contributed by atoms with Crippen molar-refractivity contribution in [1.82, 2.24) is 0 Å². The molecule has 0 rings (SSSR count). The summed E-state index contributed by atoms with van der Waals surface area (Å²) in [7, 11) is 0. The second-order valence-corrected chi connectivity index (χ2v) is 17.5. The summed E-state index contributed by atoms with van der Waals surface area (Å²) >= 11 is 0. The van der Waals surface area contributed by atoms with Crippen LogP contribution in [0.15, 0.2) is 0 Å². The van der Waals surface area contributed by atoms with E-state index in [1.54, 1.807) is 0 Å². The van der Waals surface area contributed by atoms with E-state index in [2.05, 4.69) is 13.8 Å². The molecule has 0 aromatic carbocycles. The fourth-order valence-electron chi connectivity index (χ4n) is 6.81. The van der Waals surface area contributed by atoms with E-state index in [-0.39, 0.29) is 65.0 Å². The first-order valence-corrected chi connectivity index (χ1v) is 26.3. The summed E-state index contributed by atoms with van der Waals surface area (Å²) in [5.74, 6) is -5.44. The lowest BCUT2D eigenvalue weighted by molar-refractivity contribution is -0.170. The van der Waals surface area contributed by atoms with Gasteiger partial charge >= 0.3 is 47.8 Å². The summed E-state index contributed by atoms with van der Waals surface area (Å²) in [6.45, 7) is 6.73. The Hall–Kier alpha value is -4.24. The van der Waals surface area contributed by atoms with Gasteiger partial charge in [0.15, 0.2) is 12.2 Å². The van der Waals surface area contributed by atoms with Crippen molar-refractivity contribution in [2.45, 2.75) is 245 Å². The lowest BCUT2D eigenvalue weighted by Gasteiger charge is -2.19. The Morgan fingerprint density at radius 1 is 0.250 bits per heavy atom. The Balaban J connectivity index is 5.23. The Morgan fingerprint density at radius 3 is 0.735 bits per heavy atom. The first-order chi connectivity index (χ1) is 32.9. The molecule has 16 heteroatoms. The van der Waals surface area contributed by atoms with E-state index < -0.39 is 86.0 Å². The van der Waals surface area contributed by atoms with Crippen molar-refractivity contribution in [2.75, 3.05) is 39.6 Å². The van der Waals surface area contributed by atoms with Gasteiger partial charge < -0.3 is 37.9 Å². The van der Waals surface area contributed by atoms with Crippen molar-refractivity contribution >= 4 is 47.8 Å². The summed E-state index contributed by atoms with van der Waals surface area (Å²) in [6, 6.07) is 0. The molecule has 0 N–H and O–H groups in total. The number of carbonyl (C=O) groups is 8. The van der Waals surface area contributed by atoms with Crippen LogP contribution in [0.4, 0.5) is 0 Å². The van der Waals surface area contributed by atoms with E-state index in [1.807, 2.05) is 13.8 Å². The molecule has 0 aromatic rings. The molecule has 16 nitrogen and oxygen atoms in total. The van der Waals surface area contributed by atoms with Crippen LogP contribution in [0.25, 0.3) is 0 Å². The Labute approximate surface area is 408 Å². The van der Waals surface area contributed by atoms with Crippen molar-refractivity contribution in [2.24, 2.45) is 0 Å². The van der Waals surface area contributed by atoms with Gasteiger partial charge in [0.2, 0.25) is 0 Å². The average molecular weight is 971 g/mol. The minimum Gasteiger partial charge on any atom is -0.466 e. The van der Waals surface area contributed by atoms with Gasteiger partial charge in [0.1, 0.15) is 26.4 Å². The molecule has 394 valence electrons. The summed E-state index contributed by atoms with van der Waals surface area (Å²) in [6.07, 6.45) is 22.2. The SMILES string of the molecule is CCCCCCCCCCCCCC(=O)OCC(COC(=O)CCCCCCCCCCCCC)OC(=O)CCC(=O)OC(COC(=O)CCC(=O)OCCC)COC(=O)CCC(=O)OCCC. The van der Waals surface area contributed by atoms with Gasteiger partial charge in [0.05, 0.1) is 51.7 Å². The maximum absolute atomic E-state index is 13.0. The Bertz CT molecular complexity index is 1270. The highest BCUT2D eigenvalue weighted by Gasteiger charge is 2.24. The number of esters is 8. The predicted molar refractivity (Wildman–Crippen MR) is 256 cm³/mol. The number of hydrogen-bond acceptors (Lipinski definition) is 16. The topological polar surface area (TPSA) is 210 Å². The molecule has 0 aliphatic rings. The molecule has 0 radical (unpaired) electrons. The lowest BCUT2D eigenvalue weighted by Crippen LogP contribution is -2.32.